The van der Waals surface area contributed by atoms with Crippen LogP contribution in [0, 0.1) is 13.8 Å². The van der Waals surface area contributed by atoms with E-state index in [1.807, 2.05) is 46.8 Å². The molecule has 0 saturated heterocycles. The summed E-state index contributed by atoms with van der Waals surface area (Å²) in [5.41, 5.74) is 2.05. The summed E-state index contributed by atoms with van der Waals surface area (Å²) < 4.78 is 11.5. The number of benzene rings is 1. The zero-order valence-corrected chi connectivity index (χ0v) is 15.4. The van der Waals surface area contributed by atoms with Crippen LogP contribution in [0.5, 0.6) is 5.75 Å². The van der Waals surface area contributed by atoms with Crippen molar-refractivity contribution in [3.63, 3.8) is 0 Å². The Balaban J connectivity index is 2.88. The second-order valence-corrected chi connectivity index (χ2v) is 6.11. The molecule has 0 aromatic heterocycles. The Labute approximate surface area is 140 Å². The van der Waals surface area contributed by atoms with Gasteiger partial charge in [0.15, 0.2) is 0 Å². The van der Waals surface area contributed by atoms with Crippen molar-refractivity contribution in [3.8, 4) is 5.75 Å². The number of carbonyl (C=O) groups excluding carboxylic acids is 1. The number of ether oxygens (including phenoxy) is 2. The van der Waals surface area contributed by atoms with Crippen molar-refractivity contribution >= 4 is 11.6 Å². The van der Waals surface area contributed by atoms with Crippen molar-refractivity contribution in [2.24, 2.45) is 0 Å². The van der Waals surface area contributed by atoms with Gasteiger partial charge in [-0.25, -0.2) is 0 Å². The minimum atomic E-state index is -0.799. The van der Waals surface area contributed by atoms with Crippen LogP contribution in [-0.2, 0) is 9.53 Å². The maximum absolute atomic E-state index is 12.5. The number of rotatable bonds is 9. The third-order valence-corrected chi connectivity index (χ3v) is 4.08. The van der Waals surface area contributed by atoms with Crippen LogP contribution >= 0.6 is 0 Å². The van der Waals surface area contributed by atoms with E-state index in [4.69, 9.17) is 9.47 Å². The molecule has 0 heterocycles. The van der Waals surface area contributed by atoms with Gasteiger partial charge in [-0.2, -0.15) is 0 Å². The Bertz CT molecular complexity index is 504. The van der Waals surface area contributed by atoms with Gasteiger partial charge in [-0.1, -0.05) is 20.3 Å². The molecule has 4 nitrogen and oxygen atoms in total. The Hall–Kier alpha value is -1.55. The zero-order chi connectivity index (χ0) is 17.5. The third-order valence-electron chi connectivity index (χ3n) is 4.08. The van der Waals surface area contributed by atoms with Crippen LogP contribution in [0.25, 0.3) is 0 Å². The van der Waals surface area contributed by atoms with Gasteiger partial charge in [0.1, 0.15) is 11.4 Å². The van der Waals surface area contributed by atoms with E-state index < -0.39 is 5.60 Å². The summed E-state index contributed by atoms with van der Waals surface area (Å²) >= 11 is 0. The van der Waals surface area contributed by atoms with E-state index in [9.17, 15) is 4.79 Å². The van der Waals surface area contributed by atoms with Crippen molar-refractivity contribution < 1.29 is 14.3 Å². The number of aryl methyl sites for hydroxylation is 2. The van der Waals surface area contributed by atoms with E-state index in [2.05, 4.69) is 12.2 Å². The molecule has 130 valence electrons. The molecule has 0 spiro atoms. The normalized spacial score (nSPS) is 13.5. The van der Waals surface area contributed by atoms with Gasteiger partial charge in [-0.3, -0.25) is 4.79 Å². The smallest absolute Gasteiger partial charge is 0.256 e. The van der Waals surface area contributed by atoms with E-state index >= 15 is 0 Å². The number of hydrogen-bond acceptors (Lipinski definition) is 3. The molecule has 1 N–H and O–H groups in total. The SMILES string of the molecule is CCCCOc1c(C)cc(NC(=O)[C@](C)(CC)OCC)cc1C. The van der Waals surface area contributed by atoms with Crippen molar-refractivity contribution in [1.82, 2.24) is 0 Å². The Morgan fingerprint density at radius 1 is 1.17 bits per heavy atom. The fraction of sp³-hybridized carbons (Fsp3) is 0.632. The summed E-state index contributed by atoms with van der Waals surface area (Å²) in [6.07, 6.45) is 2.78. The highest BCUT2D eigenvalue weighted by atomic mass is 16.5. The van der Waals surface area contributed by atoms with E-state index in [1.54, 1.807) is 0 Å². The summed E-state index contributed by atoms with van der Waals surface area (Å²) in [6.45, 7) is 13.1. The zero-order valence-electron chi connectivity index (χ0n) is 15.4. The molecule has 1 aromatic rings. The van der Waals surface area contributed by atoms with Crippen LogP contribution in [0.4, 0.5) is 5.69 Å². The van der Waals surface area contributed by atoms with E-state index in [0.717, 1.165) is 42.0 Å². The Morgan fingerprint density at radius 2 is 1.78 bits per heavy atom. The lowest BCUT2D eigenvalue weighted by Gasteiger charge is -2.27. The van der Waals surface area contributed by atoms with Gasteiger partial charge in [-0.15, -0.1) is 0 Å². The van der Waals surface area contributed by atoms with Gasteiger partial charge in [0.25, 0.3) is 5.91 Å². The number of unbranched alkanes of at least 4 members (excludes halogenated alkanes) is 1. The monoisotopic (exact) mass is 321 g/mol. The Kier molecular flexibility index (Phi) is 7.56. The van der Waals surface area contributed by atoms with Crippen LogP contribution in [0.2, 0.25) is 0 Å². The van der Waals surface area contributed by atoms with Gasteiger partial charge in [0.2, 0.25) is 0 Å². The van der Waals surface area contributed by atoms with Gasteiger partial charge >= 0.3 is 0 Å². The number of anilines is 1. The van der Waals surface area contributed by atoms with Crippen LogP contribution in [0.3, 0.4) is 0 Å². The number of carbonyl (C=O) groups is 1. The second kappa shape index (κ2) is 8.92. The molecule has 0 saturated carbocycles. The first-order valence-electron chi connectivity index (χ1n) is 8.57. The first-order chi connectivity index (χ1) is 10.9. The molecule has 1 amide bonds. The van der Waals surface area contributed by atoms with Crippen molar-refractivity contribution in [3.05, 3.63) is 23.3 Å². The molecule has 1 atom stereocenters. The predicted molar refractivity (Wildman–Crippen MR) is 95.3 cm³/mol. The first kappa shape index (κ1) is 19.5. The van der Waals surface area contributed by atoms with Crippen molar-refractivity contribution in [2.45, 2.75) is 66.4 Å². The van der Waals surface area contributed by atoms with Crippen LogP contribution < -0.4 is 10.1 Å². The second-order valence-electron chi connectivity index (χ2n) is 6.11. The van der Waals surface area contributed by atoms with Crippen molar-refractivity contribution in [1.29, 1.82) is 0 Å². The average Bonchev–Trinajstić information content (AvgIpc) is 2.50. The highest BCUT2D eigenvalue weighted by Gasteiger charge is 2.32. The molecule has 0 bridgehead atoms. The standard InChI is InChI=1S/C19H31NO3/c1-7-10-11-22-17-14(4)12-16(13-15(17)5)20-18(21)19(6,8-2)23-9-3/h12-13H,7-11H2,1-6H3,(H,20,21)/t19-/m0/s1. The number of hydrogen-bond donors (Lipinski definition) is 1. The van der Waals surface area contributed by atoms with E-state index in [-0.39, 0.29) is 5.91 Å². The molecule has 0 aliphatic carbocycles. The quantitative estimate of drug-likeness (QED) is 0.675. The topological polar surface area (TPSA) is 47.6 Å². The molecule has 0 unspecified atom stereocenters. The van der Waals surface area contributed by atoms with E-state index in [0.29, 0.717) is 13.0 Å². The molecule has 4 heteroatoms. The van der Waals surface area contributed by atoms with Crippen molar-refractivity contribution in [2.75, 3.05) is 18.5 Å². The van der Waals surface area contributed by atoms with Crippen LogP contribution in [0.1, 0.15) is 58.1 Å². The molecular formula is C19H31NO3. The van der Waals surface area contributed by atoms with Gasteiger partial charge in [-0.05, 0) is 63.8 Å². The third kappa shape index (κ3) is 5.24. The Morgan fingerprint density at radius 3 is 2.26 bits per heavy atom. The lowest BCUT2D eigenvalue weighted by atomic mass is 10.0. The molecular weight excluding hydrogens is 290 g/mol. The van der Waals surface area contributed by atoms with Gasteiger partial charge in [0, 0.05) is 12.3 Å². The van der Waals surface area contributed by atoms with Gasteiger partial charge in [0.05, 0.1) is 6.61 Å². The minimum absolute atomic E-state index is 0.111. The molecule has 0 fully saturated rings. The summed E-state index contributed by atoms with van der Waals surface area (Å²) in [6, 6.07) is 3.91. The maximum atomic E-state index is 12.5. The number of amides is 1. The predicted octanol–water partition coefficient (Wildman–Crippen LogP) is 4.63. The molecule has 0 radical (unpaired) electrons. The molecule has 1 rings (SSSR count). The highest BCUT2D eigenvalue weighted by Crippen LogP contribution is 2.28. The summed E-state index contributed by atoms with van der Waals surface area (Å²) in [7, 11) is 0. The molecule has 23 heavy (non-hydrogen) atoms. The van der Waals surface area contributed by atoms with Crippen LogP contribution in [0.15, 0.2) is 12.1 Å². The fourth-order valence-corrected chi connectivity index (χ4v) is 2.48. The average molecular weight is 321 g/mol. The summed E-state index contributed by atoms with van der Waals surface area (Å²) in [5, 5.41) is 2.97. The minimum Gasteiger partial charge on any atom is -0.493 e. The summed E-state index contributed by atoms with van der Waals surface area (Å²) in [4.78, 5) is 12.5. The molecule has 0 aliphatic heterocycles. The molecule has 0 aliphatic rings. The largest absolute Gasteiger partial charge is 0.493 e. The lowest BCUT2D eigenvalue weighted by molar-refractivity contribution is -0.139. The van der Waals surface area contributed by atoms with E-state index in [1.165, 1.54) is 0 Å². The molecule has 1 aromatic carbocycles. The summed E-state index contributed by atoms with van der Waals surface area (Å²) in [5.74, 6) is 0.805. The highest BCUT2D eigenvalue weighted by molar-refractivity contribution is 5.97. The van der Waals surface area contributed by atoms with Gasteiger partial charge < -0.3 is 14.8 Å². The van der Waals surface area contributed by atoms with Crippen LogP contribution in [-0.4, -0.2) is 24.7 Å². The fourth-order valence-electron chi connectivity index (χ4n) is 2.48. The lowest BCUT2D eigenvalue weighted by Crippen LogP contribution is -2.42. The first-order valence-corrected chi connectivity index (χ1v) is 8.57. The number of nitrogens with one attached hydrogen (secondary N) is 1. The maximum Gasteiger partial charge on any atom is 0.256 e.